The number of rotatable bonds is 3. The third kappa shape index (κ3) is 2.01. The number of alkyl halides is 2. The van der Waals surface area contributed by atoms with Crippen molar-refractivity contribution < 1.29 is 8.78 Å². The average Bonchev–Trinajstić information content (AvgIpc) is 2.61. The molecule has 0 spiro atoms. The van der Waals surface area contributed by atoms with Crippen LogP contribution in [0.3, 0.4) is 0 Å². The molecule has 2 aromatic rings. The van der Waals surface area contributed by atoms with Gasteiger partial charge in [-0.2, -0.15) is 0 Å². The summed E-state index contributed by atoms with van der Waals surface area (Å²) >= 11 is 1.64. The van der Waals surface area contributed by atoms with E-state index in [4.69, 9.17) is 0 Å². The number of hydrogen-bond donors (Lipinski definition) is 1. The van der Waals surface area contributed by atoms with Gasteiger partial charge in [-0.25, -0.2) is 8.78 Å². The maximum Gasteiger partial charge on any atom is 0.255 e. The van der Waals surface area contributed by atoms with Crippen LogP contribution in [0.4, 0.5) is 14.5 Å². The third-order valence-corrected chi connectivity index (χ3v) is 2.81. The molecule has 0 radical (unpaired) electrons. The van der Waals surface area contributed by atoms with Crippen LogP contribution in [0.5, 0.6) is 0 Å². The van der Waals surface area contributed by atoms with Gasteiger partial charge in [-0.05, 0) is 35.0 Å². The predicted octanol–water partition coefficient (Wildman–Crippen LogP) is 3.58. The minimum Gasteiger partial charge on any atom is -0.379 e. The van der Waals surface area contributed by atoms with Crippen molar-refractivity contribution in [2.75, 3.05) is 11.9 Å². The lowest BCUT2D eigenvalue weighted by molar-refractivity contribution is 0.163. The molecule has 0 atom stereocenters. The van der Waals surface area contributed by atoms with Crippen molar-refractivity contribution in [2.24, 2.45) is 0 Å². The molecule has 1 nitrogen and oxygen atoms in total. The molecule has 0 aliphatic rings. The van der Waals surface area contributed by atoms with Crippen molar-refractivity contribution >= 4 is 27.1 Å². The smallest absolute Gasteiger partial charge is 0.255 e. The van der Waals surface area contributed by atoms with E-state index in [1.165, 1.54) is 4.70 Å². The Balaban J connectivity index is 2.17. The molecule has 1 aromatic carbocycles. The van der Waals surface area contributed by atoms with Crippen molar-refractivity contribution in [1.29, 1.82) is 0 Å². The molecular formula is C10H9F2NS. The molecular weight excluding hydrogens is 204 g/mol. The van der Waals surface area contributed by atoms with Crippen molar-refractivity contribution in [2.45, 2.75) is 6.43 Å². The van der Waals surface area contributed by atoms with Gasteiger partial charge in [0.25, 0.3) is 6.43 Å². The van der Waals surface area contributed by atoms with Crippen LogP contribution in [0.2, 0.25) is 0 Å². The van der Waals surface area contributed by atoms with Gasteiger partial charge >= 0.3 is 0 Å². The quantitative estimate of drug-likeness (QED) is 0.821. The lowest BCUT2D eigenvalue weighted by Crippen LogP contribution is -2.09. The Kier molecular flexibility index (Phi) is 2.63. The standard InChI is InChI=1S/C10H9F2NS/c11-10(12)6-13-8-1-2-9-7(5-8)3-4-14-9/h1-5,10,13H,6H2. The van der Waals surface area contributed by atoms with Crippen LogP contribution in [0, 0.1) is 0 Å². The number of benzene rings is 1. The Labute approximate surface area is 84.4 Å². The first-order valence-corrected chi connectivity index (χ1v) is 5.13. The van der Waals surface area contributed by atoms with Gasteiger partial charge < -0.3 is 5.32 Å². The summed E-state index contributed by atoms with van der Waals surface area (Å²) in [4.78, 5) is 0. The zero-order chi connectivity index (χ0) is 9.97. The Morgan fingerprint density at radius 3 is 2.93 bits per heavy atom. The molecule has 14 heavy (non-hydrogen) atoms. The lowest BCUT2D eigenvalue weighted by Gasteiger charge is -2.04. The average molecular weight is 213 g/mol. The van der Waals surface area contributed by atoms with Crippen LogP contribution in [0.1, 0.15) is 0 Å². The molecule has 0 bridgehead atoms. The maximum absolute atomic E-state index is 11.9. The summed E-state index contributed by atoms with van der Waals surface area (Å²) in [5.41, 5.74) is 0.746. The number of thiophene rings is 1. The molecule has 0 fully saturated rings. The van der Waals surface area contributed by atoms with Gasteiger partial charge in [-0.15, -0.1) is 11.3 Å². The molecule has 2 rings (SSSR count). The summed E-state index contributed by atoms with van der Waals surface area (Å²) in [5, 5.41) is 5.76. The van der Waals surface area contributed by atoms with Crippen molar-refractivity contribution in [3.63, 3.8) is 0 Å². The van der Waals surface area contributed by atoms with E-state index < -0.39 is 6.43 Å². The monoisotopic (exact) mass is 213 g/mol. The fraction of sp³-hybridized carbons (Fsp3) is 0.200. The van der Waals surface area contributed by atoms with Crippen LogP contribution in [-0.4, -0.2) is 13.0 Å². The van der Waals surface area contributed by atoms with E-state index in [0.29, 0.717) is 0 Å². The van der Waals surface area contributed by atoms with E-state index >= 15 is 0 Å². The molecule has 1 N–H and O–H groups in total. The number of anilines is 1. The molecule has 4 heteroatoms. The summed E-state index contributed by atoms with van der Waals surface area (Å²) in [5.74, 6) is 0. The normalized spacial score (nSPS) is 11.1. The molecule has 0 unspecified atom stereocenters. The van der Waals surface area contributed by atoms with E-state index in [1.807, 2.05) is 29.6 Å². The van der Waals surface area contributed by atoms with Crippen LogP contribution >= 0.6 is 11.3 Å². The van der Waals surface area contributed by atoms with E-state index in [1.54, 1.807) is 11.3 Å². The third-order valence-electron chi connectivity index (χ3n) is 1.91. The summed E-state index contributed by atoms with van der Waals surface area (Å²) in [6.45, 7) is -0.296. The number of nitrogens with one attached hydrogen (secondary N) is 1. The number of hydrogen-bond acceptors (Lipinski definition) is 2. The van der Waals surface area contributed by atoms with Gasteiger partial charge in [0, 0.05) is 10.4 Å². The molecule has 0 aliphatic heterocycles. The van der Waals surface area contributed by atoms with Gasteiger partial charge in [-0.1, -0.05) is 0 Å². The molecule has 1 aromatic heterocycles. The second kappa shape index (κ2) is 3.92. The van der Waals surface area contributed by atoms with Crippen molar-refractivity contribution in [1.82, 2.24) is 0 Å². The van der Waals surface area contributed by atoms with E-state index in [9.17, 15) is 8.78 Å². The van der Waals surface area contributed by atoms with Gasteiger partial charge in [0.15, 0.2) is 0 Å². The Bertz CT molecular complexity index is 425. The highest BCUT2D eigenvalue weighted by atomic mass is 32.1. The van der Waals surface area contributed by atoms with Crippen molar-refractivity contribution in [3.05, 3.63) is 29.6 Å². The number of halogens is 2. The first-order chi connectivity index (χ1) is 6.75. The zero-order valence-corrected chi connectivity index (χ0v) is 8.15. The summed E-state index contributed by atoms with van der Waals surface area (Å²) in [7, 11) is 0. The molecule has 1 heterocycles. The predicted molar refractivity (Wildman–Crippen MR) is 56.3 cm³/mol. The minimum atomic E-state index is -2.31. The number of fused-ring (bicyclic) bond motifs is 1. The first kappa shape index (κ1) is 9.40. The topological polar surface area (TPSA) is 12.0 Å². The van der Waals surface area contributed by atoms with Crippen LogP contribution in [0.25, 0.3) is 10.1 Å². The van der Waals surface area contributed by atoms with E-state index in [0.717, 1.165) is 11.1 Å². The molecule has 0 amide bonds. The highest BCUT2D eigenvalue weighted by Gasteiger charge is 2.02. The van der Waals surface area contributed by atoms with E-state index in [-0.39, 0.29) is 6.54 Å². The van der Waals surface area contributed by atoms with E-state index in [2.05, 4.69) is 5.32 Å². The van der Waals surface area contributed by atoms with Gasteiger partial charge in [0.1, 0.15) is 0 Å². The molecule has 74 valence electrons. The summed E-state index contributed by atoms with van der Waals surface area (Å²) < 4.78 is 25.0. The summed E-state index contributed by atoms with van der Waals surface area (Å²) in [6, 6.07) is 7.62. The minimum absolute atomic E-state index is 0.296. The Hall–Kier alpha value is -1.16. The molecule has 0 saturated carbocycles. The van der Waals surface area contributed by atoms with Gasteiger partial charge in [-0.3, -0.25) is 0 Å². The summed E-state index contributed by atoms with van der Waals surface area (Å²) in [6.07, 6.45) is -2.31. The first-order valence-electron chi connectivity index (χ1n) is 4.25. The van der Waals surface area contributed by atoms with Gasteiger partial charge in [0.05, 0.1) is 6.54 Å². The lowest BCUT2D eigenvalue weighted by atomic mass is 10.2. The second-order valence-corrected chi connectivity index (χ2v) is 3.89. The SMILES string of the molecule is FC(F)CNc1ccc2sccc2c1. The van der Waals surface area contributed by atoms with Gasteiger partial charge in [0.2, 0.25) is 0 Å². The molecule has 0 saturated heterocycles. The van der Waals surface area contributed by atoms with Crippen LogP contribution in [0.15, 0.2) is 29.6 Å². The molecule has 0 aliphatic carbocycles. The zero-order valence-electron chi connectivity index (χ0n) is 7.34. The Morgan fingerprint density at radius 1 is 1.29 bits per heavy atom. The van der Waals surface area contributed by atoms with Crippen LogP contribution in [-0.2, 0) is 0 Å². The highest BCUT2D eigenvalue weighted by molar-refractivity contribution is 7.17. The second-order valence-electron chi connectivity index (χ2n) is 2.95. The Morgan fingerprint density at radius 2 is 2.14 bits per heavy atom. The highest BCUT2D eigenvalue weighted by Crippen LogP contribution is 2.23. The fourth-order valence-corrected chi connectivity index (χ4v) is 2.04. The largest absolute Gasteiger partial charge is 0.379 e. The fourth-order valence-electron chi connectivity index (χ4n) is 1.27. The maximum atomic E-state index is 11.9. The van der Waals surface area contributed by atoms with Crippen LogP contribution < -0.4 is 5.32 Å². The van der Waals surface area contributed by atoms with Crippen molar-refractivity contribution in [3.8, 4) is 0 Å².